The van der Waals surface area contributed by atoms with Gasteiger partial charge < -0.3 is 0 Å². The number of alkyl halides is 3. The van der Waals surface area contributed by atoms with Gasteiger partial charge in [0.1, 0.15) is 0 Å². The third-order valence-electron chi connectivity index (χ3n) is 4.80. The molecule has 1 aliphatic rings. The number of halogens is 3. The molecule has 0 saturated carbocycles. The molecule has 8 heteroatoms. The lowest BCUT2D eigenvalue weighted by molar-refractivity contribution is -0.137. The molecular weight excluding hydrogens is 355 g/mol. The van der Waals surface area contributed by atoms with Gasteiger partial charge in [-0.15, -0.1) is 0 Å². The number of fused-ring (bicyclic) bond motifs is 1. The summed E-state index contributed by atoms with van der Waals surface area (Å²) in [4.78, 5) is 13.2. The smallest absolute Gasteiger partial charge is 0.297 e. The topological polar surface area (TPSA) is 36.7 Å². The molecule has 27 heavy (non-hydrogen) atoms. The fourth-order valence-corrected chi connectivity index (χ4v) is 3.39. The quantitative estimate of drug-likeness (QED) is 0.702. The van der Waals surface area contributed by atoms with Crippen molar-refractivity contribution in [2.24, 2.45) is 0 Å². The number of hydrogen-bond donors (Lipinski definition) is 0. The number of imidazole rings is 1. The van der Waals surface area contributed by atoms with Crippen LogP contribution in [-0.2, 0) is 19.3 Å². The van der Waals surface area contributed by atoms with Crippen molar-refractivity contribution in [2.75, 3.05) is 26.2 Å². The summed E-state index contributed by atoms with van der Waals surface area (Å²) in [5.41, 5.74) is 1.09. The summed E-state index contributed by atoms with van der Waals surface area (Å²) in [7, 11) is 0. The first-order chi connectivity index (χ1) is 13.0. The molecule has 1 fully saturated rings. The van der Waals surface area contributed by atoms with Gasteiger partial charge in [0.15, 0.2) is 0 Å². The zero-order valence-electron chi connectivity index (χ0n) is 14.7. The first kappa shape index (κ1) is 17.9. The van der Waals surface area contributed by atoms with Crippen molar-refractivity contribution in [1.29, 1.82) is 0 Å². The van der Waals surface area contributed by atoms with Crippen LogP contribution in [0.5, 0.6) is 0 Å². The molecule has 142 valence electrons. The second-order valence-corrected chi connectivity index (χ2v) is 6.81. The number of benzene rings is 1. The highest BCUT2D eigenvalue weighted by molar-refractivity contribution is 5.29. The Hall–Kier alpha value is -2.45. The minimum atomic E-state index is -4.29. The molecule has 0 bridgehead atoms. The molecule has 5 nitrogen and oxygen atoms in total. The molecule has 0 radical (unpaired) electrons. The lowest BCUT2D eigenvalue weighted by Crippen LogP contribution is -2.45. The van der Waals surface area contributed by atoms with E-state index in [0.29, 0.717) is 17.9 Å². The largest absolute Gasteiger partial charge is 0.416 e. The first-order valence-corrected chi connectivity index (χ1v) is 8.87. The van der Waals surface area contributed by atoms with Gasteiger partial charge in [-0.25, -0.2) is 9.97 Å². The maximum Gasteiger partial charge on any atom is 0.416 e. The molecule has 0 unspecified atom stereocenters. The van der Waals surface area contributed by atoms with E-state index in [1.807, 2.05) is 22.9 Å². The molecule has 0 amide bonds. The Morgan fingerprint density at radius 1 is 0.963 bits per heavy atom. The van der Waals surface area contributed by atoms with E-state index in [2.05, 4.69) is 19.8 Å². The minimum Gasteiger partial charge on any atom is -0.297 e. The summed E-state index contributed by atoms with van der Waals surface area (Å²) < 4.78 is 40.4. The third-order valence-corrected chi connectivity index (χ3v) is 4.80. The Balaban J connectivity index is 1.32. The van der Waals surface area contributed by atoms with E-state index in [0.717, 1.165) is 44.5 Å². The van der Waals surface area contributed by atoms with Gasteiger partial charge in [0.25, 0.3) is 0 Å². The Bertz CT molecular complexity index is 880. The zero-order valence-corrected chi connectivity index (χ0v) is 14.7. The second-order valence-electron chi connectivity index (χ2n) is 6.81. The average Bonchev–Trinajstić information content (AvgIpc) is 3.05. The van der Waals surface area contributed by atoms with E-state index < -0.39 is 11.7 Å². The normalized spacial score (nSPS) is 16.9. The summed E-state index contributed by atoms with van der Waals surface area (Å²) in [6, 6.07) is 7.46. The van der Waals surface area contributed by atoms with Crippen molar-refractivity contribution in [3.63, 3.8) is 0 Å². The van der Waals surface area contributed by atoms with Crippen molar-refractivity contribution >= 4 is 5.78 Å². The fraction of sp³-hybridized carbons (Fsp3) is 0.368. The number of rotatable bonds is 4. The summed E-state index contributed by atoms with van der Waals surface area (Å²) in [5, 5.41) is 0. The molecule has 3 heterocycles. The highest BCUT2D eigenvalue weighted by Crippen LogP contribution is 2.29. The molecule has 0 spiro atoms. The van der Waals surface area contributed by atoms with Crippen LogP contribution in [0.15, 0.2) is 48.9 Å². The lowest BCUT2D eigenvalue weighted by Gasteiger charge is -2.34. The third kappa shape index (κ3) is 4.28. The predicted molar refractivity (Wildman–Crippen MR) is 95.0 cm³/mol. The maximum absolute atomic E-state index is 12.8. The highest BCUT2D eigenvalue weighted by Gasteiger charge is 2.30. The van der Waals surface area contributed by atoms with Crippen molar-refractivity contribution in [1.82, 2.24) is 24.2 Å². The minimum absolute atomic E-state index is 0.538. The van der Waals surface area contributed by atoms with Crippen LogP contribution in [0.25, 0.3) is 5.78 Å². The monoisotopic (exact) mass is 375 g/mol. The fourth-order valence-electron chi connectivity index (χ4n) is 3.39. The van der Waals surface area contributed by atoms with Crippen LogP contribution in [0.1, 0.15) is 16.8 Å². The van der Waals surface area contributed by atoms with Crippen LogP contribution in [0.3, 0.4) is 0 Å². The van der Waals surface area contributed by atoms with Crippen molar-refractivity contribution in [2.45, 2.75) is 19.3 Å². The van der Waals surface area contributed by atoms with Gasteiger partial charge in [-0.2, -0.15) is 13.2 Å². The Labute approximate surface area is 155 Å². The van der Waals surface area contributed by atoms with Gasteiger partial charge >= 0.3 is 6.18 Å². The van der Waals surface area contributed by atoms with Crippen LogP contribution in [0.2, 0.25) is 0 Å². The number of aromatic nitrogens is 3. The molecule has 0 atom stereocenters. The van der Waals surface area contributed by atoms with Crippen LogP contribution < -0.4 is 0 Å². The summed E-state index contributed by atoms with van der Waals surface area (Å²) >= 11 is 0. The van der Waals surface area contributed by atoms with Gasteiger partial charge in [-0.05, 0) is 17.7 Å². The summed E-state index contributed by atoms with van der Waals surface area (Å²) in [5.74, 6) is 0.690. The van der Waals surface area contributed by atoms with Gasteiger partial charge in [-0.1, -0.05) is 18.2 Å². The Kier molecular flexibility index (Phi) is 4.84. The van der Waals surface area contributed by atoms with Gasteiger partial charge in [-0.3, -0.25) is 14.2 Å². The molecule has 2 aromatic heterocycles. The van der Waals surface area contributed by atoms with Crippen LogP contribution in [0.4, 0.5) is 13.2 Å². The van der Waals surface area contributed by atoms with Gasteiger partial charge in [0.05, 0.1) is 11.3 Å². The first-order valence-electron chi connectivity index (χ1n) is 8.87. The summed E-state index contributed by atoms with van der Waals surface area (Å²) in [6.45, 7) is 4.65. The van der Waals surface area contributed by atoms with E-state index >= 15 is 0 Å². The van der Waals surface area contributed by atoms with E-state index in [4.69, 9.17) is 0 Å². The standard InChI is InChI=1S/C19H20F3N5/c20-19(21,22)16-4-1-3-15(11-16)12-25-7-9-26(10-8-25)13-17-14-27-6-2-5-23-18(27)24-17/h1-6,11,14H,7-10,12-13H2. The van der Waals surface area contributed by atoms with E-state index in [1.54, 1.807) is 12.3 Å². The van der Waals surface area contributed by atoms with Gasteiger partial charge in [0, 0.05) is 57.9 Å². The SMILES string of the molecule is FC(F)(F)c1cccc(CN2CCN(Cc3cn4cccnc4n3)CC2)c1. The number of hydrogen-bond acceptors (Lipinski definition) is 4. The summed E-state index contributed by atoms with van der Waals surface area (Å²) in [6.07, 6.45) is 1.33. The molecule has 1 aliphatic heterocycles. The molecule has 3 aromatic rings. The molecular formula is C19H20F3N5. The number of nitrogens with zero attached hydrogens (tertiary/aromatic N) is 5. The second kappa shape index (κ2) is 7.28. The van der Waals surface area contributed by atoms with Crippen molar-refractivity contribution in [3.8, 4) is 0 Å². The Morgan fingerprint density at radius 3 is 2.41 bits per heavy atom. The molecule has 1 saturated heterocycles. The molecule has 0 aliphatic carbocycles. The molecule has 4 rings (SSSR count). The van der Waals surface area contributed by atoms with Crippen molar-refractivity contribution in [3.05, 3.63) is 65.7 Å². The van der Waals surface area contributed by atoms with E-state index in [9.17, 15) is 13.2 Å². The van der Waals surface area contributed by atoms with Crippen LogP contribution >= 0.6 is 0 Å². The van der Waals surface area contributed by atoms with E-state index in [-0.39, 0.29) is 0 Å². The highest BCUT2D eigenvalue weighted by atomic mass is 19.4. The predicted octanol–water partition coefficient (Wildman–Crippen LogP) is 3.07. The van der Waals surface area contributed by atoms with Crippen molar-refractivity contribution < 1.29 is 13.2 Å². The lowest BCUT2D eigenvalue weighted by atomic mass is 10.1. The van der Waals surface area contributed by atoms with Gasteiger partial charge in [0.2, 0.25) is 5.78 Å². The van der Waals surface area contributed by atoms with Crippen LogP contribution in [-0.4, -0.2) is 50.3 Å². The number of piperazine rings is 1. The molecule has 0 N–H and O–H groups in total. The Morgan fingerprint density at radius 2 is 1.70 bits per heavy atom. The van der Waals surface area contributed by atoms with E-state index in [1.165, 1.54) is 12.1 Å². The maximum atomic E-state index is 12.8. The molecule has 1 aromatic carbocycles. The average molecular weight is 375 g/mol. The zero-order chi connectivity index (χ0) is 18.9. The van der Waals surface area contributed by atoms with Crippen LogP contribution in [0, 0.1) is 0 Å².